The predicted molar refractivity (Wildman–Crippen MR) is 71.1 cm³/mol. The van der Waals surface area contributed by atoms with Crippen molar-refractivity contribution in [1.29, 1.82) is 0 Å². The van der Waals surface area contributed by atoms with Gasteiger partial charge in [0.1, 0.15) is 11.1 Å². The van der Waals surface area contributed by atoms with Gasteiger partial charge < -0.3 is 14.7 Å². The van der Waals surface area contributed by atoms with Crippen LogP contribution < -0.4 is 0 Å². The molecule has 0 radical (unpaired) electrons. The van der Waals surface area contributed by atoms with Crippen LogP contribution >= 0.6 is 0 Å². The Morgan fingerprint density at radius 1 is 1.21 bits per heavy atom. The number of ether oxygens (including phenoxy) is 1. The molecule has 1 aliphatic heterocycles. The highest BCUT2D eigenvalue weighted by molar-refractivity contribution is 5.79. The monoisotopic (exact) mass is 272 g/mol. The molecule has 1 aliphatic rings. The van der Waals surface area contributed by atoms with E-state index in [4.69, 9.17) is 4.74 Å². The average Bonchev–Trinajstić information content (AvgIpc) is 2.26. The number of hydrogen-bond donors (Lipinski definition) is 1. The number of hydrogen-bond acceptors (Lipinski definition) is 4. The van der Waals surface area contributed by atoms with Crippen molar-refractivity contribution in [3.63, 3.8) is 0 Å². The second kappa shape index (κ2) is 5.36. The molecule has 110 valence electrons. The third-order valence-corrected chi connectivity index (χ3v) is 3.50. The molecular formula is C13H24N2O4. The highest BCUT2D eigenvalue weighted by Gasteiger charge is 2.44. The van der Waals surface area contributed by atoms with Crippen LogP contribution in [-0.4, -0.2) is 65.3 Å². The number of aliphatic carboxylic acids is 1. The van der Waals surface area contributed by atoms with Crippen molar-refractivity contribution in [1.82, 2.24) is 9.80 Å². The smallest absolute Gasteiger partial charge is 0.410 e. The van der Waals surface area contributed by atoms with Crippen LogP contribution in [0.15, 0.2) is 0 Å². The first-order valence-electron chi connectivity index (χ1n) is 6.47. The molecule has 0 bridgehead atoms. The van der Waals surface area contributed by atoms with Crippen LogP contribution in [0.5, 0.6) is 0 Å². The minimum Gasteiger partial charge on any atom is -0.480 e. The number of amides is 1. The number of carboxylic acid groups (broad SMARTS) is 1. The first-order chi connectivity index (χ1) is 8.58. The summed E-state index contributed by atoms with van der Waals surface area (Å²) in [5, 5.41) is 9.39. The van der Waals surface area contributed by atoms with Crippen LogP contribution in [0.2, 0.25) is 0 Å². The summed E-state index contributed by atoms with van der Waals surface area (Å²) in [5.74, 6) is -0.832. The summed E-state index contributed by atoms with van der Waals surface area (Å²) in [6.07, 6.45) is 0.452. The summed E-state index contributed by atoms with van der Waals surface area (Å²) in [6, 6.07) is 0. The SMILES string of the molecule is CN(C)C1(C(=O)O)CCN(C(=O)OC(C)(C)C)CC1. The number of likely N-dealkylation sites (tertiary alicyclic amines) is 1. The summed E-state index contributed by atoms with van der Waals surface area (Å²) in [4.78, 5) is 26.7. The van der Waals surface area contributed by atoms with Gasteiger partial charge >= 0.3 is 12.1 Å². The standard InChI is InChI=1S/C13H24N2O4/c1-12(2,3)19-11(18)15-8-6-13(7-9-15,10(16)17)14(4)5/h6-9H2,1-5H3,(H,16,17). The zero-order valence-electron chi connectivity index (χ0n) is 12.4. The van der Waals surface area contributed by atoms with Crippen molar-refractivity contribution < 1.29 is 19.4 Å². The van der Waals surface area contributed by atoms with Gasteiger partial charge in [0, 0.05) is 13.1 Å². The molecule has 0 saturated carbocycles. The van der Waals surface area contributed by atoms with E-state index in [1.165, 1.54) is 0 Å². The zero-order valence-corrected chi connectivity index (χ0v) is 12.4. The molecule has 0 aromatic heterocycles. The molecule has 1 saturated heterocycles. The van der Waals surface area contributed by atoms with Gasteiger partial charge in [0.05, 0.1) is 0 Å². The number of nitrogens with zero attached hydrogens (tertiary/aromatic N) is 2. The quantitative estimate of drug-likeness (QED) is 0.823. The maximum Gasteiger partial charge on any atom is 0.410 e. The van der Waals surface area contributed by atoms with E-state index in [0.717, 1.165) is 0 Å². The Labute approximate surface area is 114 Å². The van der Waals surface area contributed by atoms with Crippen molar-refractivity contribution >= 4 is 12.1 Å². The molecule has 0 unspecified atom stereocenters. The number of likely N-dealkylation sites (N-methyl/N-ethyl adjacent to an activating group) is 1. The summed E-state index contributed by atoms with van der Waals surface area (Å²) in [6.45, 7) is 6.25. The average molecular weight is 272 g/mol. The highest BCUT2D eigenvalue weighted by Crippen LogP contribution is 2.28. The van der Waals surface area contributed by atoms with Gasteiger partial charge in [-0.15, -0.1) is 0 Å². The summed E-state index contributed by atoms with van der Waals surface area (Å²) >= 11 is 0. The van der Waals surface area contributed by atoms with E-state index < -0.39 is 17.1 Å². The molecule has 0 aromatic rings. The third-order valence-electron chi connectivity index (χ3n) is 3.50. The molecule has 0 aromatic carbocycles. The van der Waals surface area contributed by atoms with Gasteiger partial charge in [0.2, 0.25) is 0 Å². The second-order valence-electron chi connectivity index (χ2n) is 6.20. The molecule has 6 nitrogen and oxygen atoms in total. The number of carboxylic acids is 1. The van der Waals surface area contributed by atoms with E-state index in [2.05, 4.69) is 0 Å². The van der Waals surface area contributed by atoms with Gasteiger partial charge in [0.15, 0.2) is 0 Å². The lowest BCUT2D eigenvalue weighted by Crippen LogP contribution is -2.58. The molecule has 19 heavy (non-hydrogen) atoms. The topological polar surface area (TPSA) is 70.1 Å². The lowest BCUT2D eigenvalue weighted by atomic mass is 9.86. The Hall–Kier alpha value is -1.30. The normalized spacial score (nSPS) is 19.4. The largest absolute Gasteiger partial charge is 0.480 e. The Morgan fingerprint density at radius 2 is 1.68 bits per heavy atom. The van der Waals surface area contributed by atoms with E-state index >= 15 is 0 Å². The fraction of sp³-hybridized carbons (Fsp3) is 0.846. The van der Waals surface area contributed by atoms with Gasteiger partial charge in [-0.05, 0) is 47.7 Å². The molecule has 1 N–H and O–H groups in total. The molecule has 1 heterocycles. The van der Waals surface area contributed by atoms with E-state index in [-0.39, 0.29) is 6.09 Å². The fourth-order valence-corrected chi connectivity index (χ4v) is 2.24. The molecule has 1 fully saturated rings. The fourth-order valence-electron chi connectivity index (χ4n) is 2.24. The van der Waals surface area contributed by atoms with Gasteiger partial charge in [-0.25, -0.2) is 4.79 Å². The highest BCUT2D eigenvalue weighted by atomic mass is 16.6. The summed E-state index contributed by atoms with van der Waals surface area (Å²) in [5.41, 5.74) is -1.40. The first-order valence-corrected chi connectivity index (χ1v) is 6.47. The Balaban J connectivity index is 2.66. The maximum absolute atomic E-state index is 11.9. The lowest BCUT2D eigenvalue weighted by Gasteiger charge is -2.42. The van der Waals surface area contributed by atoms with Crippen molar-refractivity contribution in [2.45, 2.75) is 44.8 Å². The van der Waals surface area contributed by atoms with Crippen LogP contribution in [0.3, 0.4) is 0 Å². The van der Waals surface area contributed by atoms with Crippen LogP contribution in [0, 0.1) is 0 Å². The number of carbonyl (C=O) groups is 2. The van der Waals surface area contributed by atoms with Crippen LogP contribution in [0.1, 0.15) is 33.6 Å². The maximum atomic E-state index is 11.9. The molecule has 1 amide bonds. The lowest BCUT2D eigenvalue weighted by molar-refractivity contribution is -0.153. The summed E-state index contributed by atoms with van der Waals surface area (Å²) in [7, 11) is 3.52. The Bertz CT molecular complexity index is 352. The second-order valence-corrected chi connectivity index (χ2v) is 6.20. The molecule has 0 atom stereocenters. The first kappa shape index (κ1) is 15.8. The molecule has 0 aliphatic carbocycles. The minimum atomic E-state index is -0.876. The van der Waals surface area contributed by atoms with Crippen LogP contribution in [0.4, 0.5) is 4.79 Å². The van der Waals surface area contributed by atoms with E-state index in [9.17, 15) is 14.7 Å². The summed E-state index contributed by atoms with van der Waals surface area (Å²) < 4.78 is 5.29. The number of carbonyl (C=O) groups excluding carboxylic acids is 1. The van der Waals surface area contributed by atoms with E-state index in [1.807, 2.05) is 20.8 Å². The Morgan fingerprint density at radius 3 is 2.00 bits per heavy atom. The minimum absolute atomic E-state index is 0.370. The van der Waals surface area contributed by atoms with Crippen molar-refractivity contribution in [3.8, 4) is 0 Å². The van der Waals surface area contributed by atoms with Crippen molar-refractivity contribution in [2.75, 3.05) is 27.2 Å². The van der Waals surface area contributed by atoms with Crippen molar-refractivity contribution in [2.24, 2.45) is 0 Å². The van der Waals surface area contributed by atoms with Crippen LogP contribution in [-0.2, 0) is 9.53 Å². The Kier molecular flexibility index (Phi) is 4.45. The number of rotatable bonds is 2. The van der Waals surface area contributed by atoms with Gasteiger partial charge in [-0.2, -0.15) is 0 Å². The zero-order chi connectivity index (χ0) is 14.8. The van der Waals surface area contributed by atoms with E-state index in [1.54, 1.807) is 23.9 Å². The van der Waals surface area contributed by atoms with Crippen molar-refractivity contribution in [3.05, 3.63) is 0 Å². The molecule has 0 spiro atoms. The van der Waals surface area contributed by atoms with Gasteiger partial charge in [-0.3, -0.25) is 9.69 Å². The van der Waals surface area contributed by atoms with Crippen LogP contribution in [0.25, 0.3) is 0 Å². The van der Waals surface area contributed by atoms with E-state index in [0.29, 0.717) is 25.9 Å². The number of piperidine rings is 1. The molecular weight excluding hydrogens is 248 g/mol. The van der Waals surface area contributed by atoms with Gasteiger partial charge in [-0.1, -0.05) is 0 Å². The molecule has 6 heteroatoms. The van der Waals surface area contributed by atoms with Gasteiger partial charge in [0.25, 0.3) is 0 Å². The predicted octanol–water partition coefficient (Wildman–Crippen LogP) is 1.40. The third kappa shape index (κ3) is 3.59. The molecule has 1 rings (SSSR count).